The number of aliphatic hydroxyl groups excluding tert-OH is 1. The van der Waals surface area contributed by atoms with Crippen molar-refractivity contribution in [1.29, 1.82) is 0 Å². The highest BCUT2D eigenvalue weighted by Crippen LogP contribution is 2.05. The summed E-state index contributed by atoms with van der Waals surface area (Å²) in [5, 5.41) is 8.40. The molecule has 0 aliphatic rings. The highest BCUT2D eigenvalue weighted by molar-refractivity contribution is 5.10. The van der Waals surface area contributed by atoms with E-state index < -0.39 is 18.4 Å². The molecule has 0 saturated heterocycles. The van der Waals surface area contributed by atoms with E-state index in [2.05, 4.69) is 4.98 Å². The zero-order valence-electron chi connectivity index (χ0n) is 5.01. The van der Waals surface area contributed by atoms with Crippen LogP contribution in [0.4, 0.5) is 8.78 Å². The van der Waals surface area contributed by atoms with Gasteiger partial charge in [0, 0.05) is 5.56 Å². The average Bonchev–Trinajstić information content (AvgIpc) is 1.94. The molecular weight excluding hydrogens is 140 g/mol. The zero-order chi connectivity index (χ0) is 7.56. The van der Waals surface area contributed by atoms with Gasteiger partial charge in [-0.3, -0.25) is 0 Å². The van der Waals surface area contributed by atoms with Gasteiger partial charge in [-0.25, -0.2) is 9.37 Å². The molecule has 0 aliphatic carbocycles. The smallest absolute Gasteiger partial charge is 0.218 e. The van der Waals surface area contributed by atoms with Gasteiger partial charge >= 0.3 is 0 Å². The van der Waals surface area contributed by atoms with Crippen LogP contribution in [0, 0.1) is 11.8 Å². The lowest BCUT2D eigenvalue weighted by molar-refractivity contribution is 0.273. The maximum absolute atomic E-state index is 12.3. The highest BCUT2D eigenvalue weighted by Gasteiger charge is 2.02. The van der Waals surface area contributed by atoms with Crippen molar-refractivity contribution in [2.75, 3.05) is 0 Å². The summed E-state index contributed by atoms with van der Waals surface area (Å²) in [6, 6.07) is 0.905. The van der Waals surface area contributed by atoms with Crippen molar-refractivity contribution in [3.8, 4) is 0 Å². The van der Waals surface area contributed by atoms with Crippen molar-refractivity contribution in [2.45, 2.75) is 6.61 Å². The molecular formula is C6H5F2NO. The van der Waals surface area contributed by atoms with Crippen LogP contribution in [0.5, 0.6) is 0 Å². The largest absolute Gasteiger partial charge is 0.392 e. The number of halogens is 2. The van der Waals surface area contributed by atoms with E-state index >= 15 is 0 Å². The van der Waals surface area contributed by atoms with Crippen LogP contribution in [0.1, 0.15) is 5.56 Å². The van der Waals surface area contributed by atoms with Crippen LogP contribution in [0.25, 0.3) is 0 Å². The zero-order valence-corrected chi connectivity index (χ0v) is 5.01. The molecule has 0 aliphatic heterocycles. The van der Waals surface area contributed by atoms with E-state index in [1.54, 1.807) is 0 Å². The maximum Gasteiger partial charge on any atom is 0.218 e. The molecule has 0 aromatic carbocycles. The molecule has 0 saturated carbocycles. The molecule has 0 unspecified atom stereocenters. The summed E-state index contributed by atoms with van der Waals surface area (Å²) >= 11 is 0. The third-order valence-electron chi connectivity index (χ3n) is 1.05. The molecule has 1 rings (SSSR count). The van der Waals surface area contributed by atoms with Crippen molar-refractivity contribution < 1.29 is 13.9 Å². The van der Waals surface area contributed by atoms with Crippen LogP contribution in [0.15, 0.2) is 12.3 Å². The normalized spacial score (nSPS) is 9.90. The van der Waals surface area contributed by atoms with Crippen molar-refractivity contribution in [1.82, 2.24) is 4.98 Å². The van der Waals surface area contributed by atoms with Gasteiger partial charge in [0.1, 0.15) is 5.82 Å². The van der Waals surface area contributed by atoms with E-state index in [1.165, 1.54) is 0 Å². The first-order valence-electron chi connectivity index (χ1n) is 2.65. The highest BCUT2D eigenvalue weighted by atomic mass is 19.1. The minimum absolute atomic E-state index is 0.125. The lowest BCUT2D eigenvalue weighted by atomic mass is 10.3. The Kier molecular flexibility index (Phi) is 1.91. The van der Waals surface area contributed by atoms with E-state index in [0.29, 0.717) is 0 Å². The molecule has 0 radical (unpaired) electrons. The molecule has 0 amide bonds. The van der Waals surface area contributed by atoms with Crippen molar-refractivity contribution >= 4 is 0 Å². The van der Waals surface area contributed by atoms with Crippen molar-refractivity contribution in [3.63, 3.8) is 0 Å². The second-order valence-corrected chi connectivity index (χ2v) is 1.76. The number of pyridine rings is 1. The Morgan fingerprint density at radius 3 is 2.70 bits per heavy atom. The van der Waals surface area contributed by atoms with Gasteiger partial charge in [-0.1, -0.05) is 0 Å². The summed E-state index contributed by atoms with van der Waals surface area (Å²) in [7, 11) is 0. The molecule has 1 N–H and O–H groups in total. The van der Waals surface area contributed by atoms with E-state index in [0.717, 1.165) is 12.3 Å². The van der Waals surface area contributed by atoms with Gasteiger partial charge < -0.3 is 5.11 Å². The summed E-state index contributed by atoms with van der Waals surface area (Å²) in [6.07, 6.45) is 0.758. The van der Waals surface area contributed by atoms with Gasteiger partial charge in [0.2, 0.25) is 5.95 Å². The Labute approximate surface area is 56.1 Å². The topological polar surface area (TPSA) is 33.1 Å². The summed E-state index contributed by atoms with van der Waals surface area (Å²) in [6.45, 7) is -0.531. The van der Waals surface area contributed by atoms with E-state index in [4.69, 9.17) is 5.11 Å². The van der Waals surface area contributed by atoms with Crippen molar-refractivity contribution in [3.05, 3.63) is 29.6 Å². The number of aromatic nitrogens is 1. The minimum Gasteiger partial charge on any atom is -0.392 e. The number of hydrogen-bond acceptors (Lipinski definition) is 2. The molecule has 0 atom stereocenters. The van der Waals surface area contributed by atoms with Crippen LogP contribution in [0.3, 0.4) is 0 Å². The van der Waals surface area contributed by atoms with E-state index in [9.17, 15) is 8.78 Å². The molecule has 1 heterocycles. The fourth-order valence-corrected chi connectivity index (χ4v) is 0.575. The summed E-state index contributed by atoms with van der Waals surface area (Å²) in [5.41, 5.74) is -0.125. The Morgan fingerprint density at radius 1 is 1.50 bits per heavy atom. The molecule has 54 valence electrons. The predicted octanol–water partition coefficient (Wildman–Crippen LogP) is 0.852. The Balaban J connectivity index is 3.09. The van der Waals surface area contributed by atoms with Crippen LogP contribution >= 0.6 is 0 Å². The fourth-order valence-electron chi connectivity index (χ4n) is 0.575. The molecule has 1 aromatic rings. The third kappa shape index (κ3) is 1.27. The van der Waals surface area contributed by atoms with E-state index in [-0.39, 0.29) is 5.56 Å². The third-order valence-corrected chi connectivity index (χ3v) is 1.05. The van der Waals surface area contributed by atoms with Gasteiger partial charge in [-0.15, -0.1) is 0 Å². The fraction of sp³-hybridized carbons (Fsp3) is 0.167. The number of rotatable bonds is 1. The SMILES string of the molecule is OCc1cc(F)cnc1F. The molecule has 1 aromatic heterocycles. The van der Waals surface area contributed by atoms with Gasteiger partial charge in [-0.2, -0.15) is 4.39 Å². The first kappa shape index (κ1) is 7.08. The molecule has 0 spiro atoms. The monoisotopic (exact) mass is 145 g/mol. The van der Waals surface area contributed by atoms with Crippen LogP contribution in [-0.4, -0.2) is 10.1 Å². The number of nitrogens with zero attached hydrogens (tertiary/aromatic N) is 1. The average molecular weight is 145 g/mol. The quantitative estimate of drug-likeness (QED) is 0.594. The van der Waals surface area contributed by atoms with Gasteiger partial charge in [0.05, 0.1) is 12.8 Å². The molecule has 2 nitrogen and oxygen atoms in total. The predicted molar refractivity (Wildman–Crippen MR) is 30.1 cm³/mol. The second-order valence-electron chi connectivity index (χ2n) is 1.76. The van der Waals surface area contributed by atoms with Gasteiger partial charge in [0.25, 0.3) is 0 Å². The Hall–Kier alpha value is -1.03. The Bertz CT molecular complexity index is 239. The Morgan fingerprint density at radius 2 is 2.20 bits per heavy atom. The van der Waals surface area contributed by atoms with Gasteiger partial charge in [-0.05, 0) is 6.07 Å². The summed E-state index contributed by atoms with van der Waals surface area (Å²) < 4.78 is 24.5. The first-order chi connectivity index (χ1) is 4.74. The lowest BCUT2D eigenvalue weighted by Crippen LogP contribution is -1.94. The molecule has 10 heavy (non-hydrogen) atoms. The van der Waals surface area contributed by atoms with Crippen LogP contribution < -0.4 is 0 Å². The van der Waals surface area contributed by atoms with Gasteiger partial charge in [0.15, 0.2) is 0 Å². The lowest BCUT2D eigenvalue weighted by Gasteiger charge is -1.95. The minimum atomic E-state index is -0.830. The number of hydrogen-bond donors (Lipinski definition) is 1. The molecule has 0 bridgehead atoms. The first-order valence-corrected chi connectivity index (χ1v) is 2.65. The second kappa shape index (κ2) is 2.70. The van der Waals surface area contributed by atoms with Crippen molar-refractivity contribution in [2.24, 2.45) is 0 Å². The maximum atomic E-state index is 12.3. The molecule has 0 fully saturated rings. The standard InChI is InChI=1S/C6H5F2NO/c7-5-1-4(3-10)6(8)9-2-5/h1-2,10H,3H2. The van der Waals surface area contributed by atoms with Crippen LogP contribution in [-0.2, 0) is 6.61 Å². The summed E-state index contributed by atoms with van der Waals surface area (Å²) in [5.74, 6) is -1.48. The van der Waals surface area contributed by atoms with E-state index in [1.807, 2.05) is 0 Å². The number of aliphatic hydroxyl groups is 1. The van der Waals surface area contributed by atoms with Crippen LogP contribution in [0.2, 0.25) is 0 Å². The summed E-state index contributed by atoms with van der Waals surface area (Å²) in [4.78, 5) is 3.05. The molecule has 4 heteroatoms.